The predicted molar refractivity (Wildman–Crippen MR) is 67.6 cm³/mol. The number of benzene rings is 1. The van der Waals surface area contributed by atoms with E-state index >= 15 is 0 Å². The highest BCUT2D eigenvalue weighted by atomic mass is 16.4. The van der Waals surface area contributed by atoms with Gasteiger partial charge < -0.3 is 20.5 Å². The number of anilines is 1. The lowest BCUT2D eigenvalue weighted by atomic mass is 10.2. The number of aromatic nitrogens is 2. The van der Waals surface area contributed by atoms with E-state index in [1.54, 1.807) is 0 Å². The third-order valence-corrected chi connectivity index (χ3v) is 2.55. The fourth-order valence-electron chi connectivity index (χ4n) is 1.76. The van der Waals surface area contributed by atoms with Crippen molar-refractivity contribution in [1.29, 1.82) is 0 Å². The second-order valence-corrected chi connectivity index (χ2v) is 4.19. The number of nitrogens with one attached hydrogen (secondary N) is 2. The molecule has 0 radical (unpaired) electrons. The third-order valence-electron chi connectivity index (χ3n) is 2.55. The Hall–Kier alpha value is -2.08. The van der Waals surface area contributed by atoms with Crippen LogP contribution in [-0.2, 0) is 4.79 Å². The molecule has 0 amide bonds. The van der Waals surface area contributed by atoms with Crippen molar-refractivity contribution in [2.75, 3.05) is 11.9 Å². The van der Waals surface area contributed by atoms with Crippen LogP contribution < -0.4 is 5.32 Å². The van der Waals surface area contributed by atoms with Gasteiger partial charge in [-0.3, -0.25) is 4.79 Å². The summed E-state index contributed by atoms with van der Waals surface area (Å²) in [6.07, 6.45) is -1.17. The van der Waals surface area contributed by atoms with Gasteiger partial charge in [-0.1, -0.05) is 0 Å². The summed E-state index contributed by atoms with van der Waals surface area (Å²) in [6.45, 7) is 2.08. The summed E-state index contributed by atoms with van der Waals surface area (Å²) in [5.41, 5.74) is 2.60. The van der Waals surface area contributed by atoms with Crippen molar-refractivity contribution in [3.05, 3.63) is 24.0 Å². The number of aliphatic carboxylic acids is 1. The van der Waals surface area contributed by atoms with Crippen LogP contribution in [0.3, 0.4) is 0 Å². The first-order valence-electron chi connectivity index (χ1n) is 5.64. The fraction of sp³-hybridized carbons (Fsp3) is 0.333. The van der Waals surface area contributed by atoms with Gasteiger partial charge in [0, 0.05) is 12.2 Å². The van der Waals surface area contributed by atoms with E-state index in [2.05, 4.69) is 15.3 Å². The van der Waals surface area contributed by atoms with Crippen molar-refractivity contribution >= 4 is 22.7 Å². The number of imidazole rings is 1. The molecule has 6 heteroatoms. The molecule has 1 aromatic carbocycles. The molecule has 0 bridgehead atoms. The standard InChI is InChI=1S/C12H15N3O3/c1-7-14-10-3-2-8(4-11(10)15-7)13-6-9(16)5-12(17)18/h2-4,9,13,16H,5-6H2,1H3,(H,14,15)(H,17,18). The van der Waals surface area contributed by atoms with Crippen molar-refractivity contribution in [2.45, 2.75) is 19.4 Å². The zero-order valence-corrected chi connectivity index (χ0v) is 9.97. The molecule has 2 rings (SSSR count). The molecule has 0 aliphatic rings. The largest absolute Gasteiger partial charge is 0.481 e. The number of rotatable bonds is 5. The molecule has 4 N–H and O–H groups in total. The summed E-state index contributed by atoms with van der Waals surface area (Å²) in [6, 6.07) is 5.59. The zero-order valence-electron chi connectivity index (χ0n) is 9.97. The molecule has 96 valence electrons. The summed E-state index contributed by atoms with van der Waals surface area (Å²) in [4.78, 5) is 17.8. The van der Waals surface area contributed by atoms with E-state index in [1.165, 1.54) is 0 Å². The first kappa shape index (κ1) is 12.4. The quantitative estimate of drug-likeness (QED) is 0.636. The van der Waals surface area contributed by atoms with E-state index < -0.39 is 12.1 Å². The van der Waals surface area contributed by atoms with Crippen molar-refractivity contribution in [1.82, 2.24) is 9.97 Å². The lowest BCUT2D eigenvalue weighted by Gasteiger charge is -2.10. The molecule has 2 aromatic rings. The van der Waals surface area contributed by atoms with Crippen LogP contribution in [0.25, 0.3) is 11.0 Å². The van der Waals surface area contributed by atoms with Gasteiger partial charge in [0.05, 0.1) is 23.6 Å². The maximum atomic E-state index is 10.4. The topological polar surface area (TPSA) is 98.2 Å². The zero-order chi connectivity index (χ0) is 13.1. The molecule has 0 spiro atoms. The molecule has 0 fully saturated rings. The van der Waals surface area contributed by atoms with Crippen LogP contribution in [0.2, 0.25) is 0 Å². The van der Waals surface area contributed by atoms with E-state index in [0.29, 0.717) is 0 Å². The van der Waals surface area contributed by atoms with E-state index in [0.717, 1.165) is 22.5 Å². The van der Waals surface area contributed by atoms with Crippen LogP contribution >= 0.6 is 0 Å². The van der Waals surface area contributed by atoms with E-state index in [4.69, 9.17) is 5.11 Å². The molecule has 1 aromatic heterocycles. The second-order valence-electron chi connectivity index (χ2n) is 4.19. The number of aryl methyl sites for hydroxylation is 1. The number of fused-ring (bicyclic) bond motifs is 1. The Morgan fingerprint density at radius 2 is 2.33 bits per heavy atom. The minimum absolute atomic E-state index is 0.199. The predicted octanol–water partition coefficient (Wildman–Crippen LogP) is 1.12. The van der Waals surface area contributed by atoms with Crippen LogP contribution in [0.5, 0.6) is 0 Å². The average molecular weight is 249 g/mol. The minimum atomic E-state index is -1.01. The van der Waals surface area contributed by atoms with Gasteiger partial charge >= 0.3 is 5.97 Å². The SMILES string of the molecule is Cc1nc2ccc(NCC(O)CC(=O)O)cc2[nH]1. The van der Waals surface area contributed by atoms with Crippen molar-refractivity contribution < 1.29 is 15.0 Å². The second kappa shape index (κ2) is 5.05. The maximum absolute atomic E-state index is 10.4. The number of aliphatic hydroxyl groups excluding tert-OH is 1. The fourth-order valence-corrected chi connectivity index (χ4v) is 1.76. The molecule has 0 aliphatic carbocycles. The number of aromatic amines is 1. The van der Waals surface area contributed by atoms with Gasteiger partial charge in [-0.25, -0.2) is 4.98 Å². The van der Waals surface area contributed by atoms with Crippen LogP contribution in [0, 0.1) is 6.92 Å². The smallest absolute Gasteiger partial charge is 0.306 e. The normalized spacial score (nSPS) is 12.6. The summed E-state index contributed by atoms with van der Waals surface area (Å²) < 4.78 is 0. The van der Waals surface area contributed by atoms with Crippen LogP contribution in [0.15, 0.2) is 18.2 Å². The highest BCUT2D eigenvalue weighted by Gasteiger charge is 2.09. The maximum Gasteiger partial charge on any atom is 0.306 e. The lowest BCUT2D eigenvalue weighted by Crippen LogP contribution is -2.22. The Morgan fingerprint density at radius 1 is 1.56 bits per heavy atom. The highest BCUT2D eigenvalue weighted by molar-refractivity contribution is 5.79. The average Bonchev–Trinajstić information content (AvgIpc) is 2.64. The van der Waals surface area contributed by atoms with Crippen LogP contribution in [0.4, 0.5) is 5.69 Å². The number of carboxylic acids is 1. The number of hydrogen-bond donors (Lipinski definition) is 4. The summed E-state index contributed by atoms with van der Waals surface area (Å²) in [5.74, 6) is -0.169. The molecule has 0 saturated carbocycles. The minimum Gasteiger partial charge on any atom is -0.481 e. The van der Waals surface area contributed by atoms with Crippen molar-refractivity contribution in [3.63, 3.8) is 0 Å². The van der Waals surface area contributed by atoms with E-state index in [-0.39, 0.29) is 13.0 Å². The monoisotopic (exact) mass is 249 g/mol. The Kier molecular flexibility index (Phi) is 3.47. The first-order chi connectivity index (χ1) is 8.54. The van der Waals surface area contributed by atoms with Gasteiger partial charge in [-0.2, -0.15) is 0 Å². The Labute approximate surface area is 104 Å². The summed E-state index contributed by atoms with van der Waals surface area (Å²) in [5, 5.41) is 20.9. The van der Waals surface area contributed by atoms with Gasteiger partial charge in [0.25, 0.3) is 0 Å². The molecular weight excluding hydrogens is 234 g/mol. The molecule has 1 unspecified atom stereocenters. The van der Waals surface area contributed by atoms with Crippen LogP contribution in [0.1, 0.15) is 12.2 Å². The van der Waals surface area contributed by atoms with Gasteiger partial charge in [0.1, 0.15) is 5.82 Å². The number of H-pyrrole nitrogens is 1. The number of carbonyl (C=O) groups is 1. The molecule has 6 nitrogen and oxygen atoms in total. The van der Waals surface area contributed by atoms with Gasteiger partial charge in [-0.05, 0) is 25.1 Å². The number of aliphatic hydroxyl groups is 1. The Morgan fingerprint density at radius 3 is 3.06 bits per heavy atom. The molecule has 18 heavy (non-hydrogen) atoms. The molecule has 1 heterocycles. The lowest BCUT2D eigenvalue weighted by molar-refractivity contribution is -0.138. The van der Waals surface area contributed by atoms with Gasteiger partial charge in [-0.15, -0.1) is 0 Å². The number of nitrogens with zero attached hydrogens (tertiary/aromatic N) is 1. The van der Waals surface area contributed by atoms with Crippen molar-refractivity contribution in [3.8, 4) is 0 Å². The molecule has 0 aliphatic heterocycles. The summed E-state index contributed by atoms with van der Waals surface area (Å²) >= 11 is 0. The van der Waals surface area contributed by atoms with E-state index in [1.807, 2.05) is 25.1 Å². The first-order valence-corrected chi connectivity index (χ1v) is 5.64. The Bertz CT molecular complexity index is 565. The van der Waals surface area contributed by atoms with Gasteiger partial charge in [0.2, 0.25) is 0 Å². The molecule has 0 saturated heterocycles. The number of carboxylic acid groups (broad SMARTS) is 1. The highest BCUT2D eigenvalue weighted by Crippen LogP contribution is 2.17. The van der Waals surface area contributed by atoms with E-state index in [9.17, 15) is 9.90 Å². The number of hydrogen-bond acceptors (Lipinski definition) is 4. The Balaban J connectivity index is 2.01. The van der Waals surface area contributed by atoms with Crippen LogP contribution in [-0.4, -0.2) is 38.8 Å². The third kappa shape index (κ3) is 2.98. The van der Waals surface area contributed by atoms with Gasteiger partial charge in [0.15, 0.2) is 0 Å². The molecular formula is C12H15N3O3. The summed E-state index contributed by atoms with van der Waals surface area (Å²) in [7, 11) is 0. The van der Waals surface area contributed by atoms with Crippen molar-refractivity contribution in [2.24, 2.45) is 0 Å². The molecule has 1 atom stereocenters.